The van der Waals surface area contributed by atoms with E-state index >= 15 is 0 Å². The van der Waals surface area contributed by atoms with E-state index in [0.29, 0.717) is 6.54 Å². The molecule has 0 saturated heterocycles. The highest BCUT2D eigenvalue weighted by molar-refractivity contribution is 5.27. The largest absolute Gasteiger partial charge is 0.350 e. The molecule has 0 fully saturated rings. The van der Waals surface area contributed by atoms with Gasteiger partial charge in [-0.05, 0) is 6.92 Å². The molecular weight excluding hydrogens is 180 g/mol. The van der Waals surface area contributed by atoms with Gasteiger partial charge in [-0.25, -0.2) is 4.68 Å². The van der Waals surface area contributed by atoms with Gasteiger partial charge in [-0.3, -0.25) is 5.10 Å². The summed E-state index contributed by atoms with van der Waals surface area (Å²) in [5.74, 6) is 0.755. The molecule has 2 aromatic rings. The highest BCUT2D eigenvalue weighted by Gasteiger charge is 2.02. The van der Waals surface area contributed by atoms with Crippen molar-refractivity contribution in [2.75, 3.05) is 5.32 Å². The smallest absolute Gasteiger partial charge is 0.221 e. The third-order valence-electron chi connectivity index (χ3n) is 2.08. The highest BCUT2D eigenvalue weighted by Crippen LogP contribution is 2.05. The van der Waals surface area contributed by atoms with Gasteiger partial charge in [0.15, 0.2) is 0 Å². The fourth-order valence-electron chi connectivity index (χ4n) is 1.18. The van der Waals surface area contributed by atoms with E-state index in [9.17, 15) is 0 Å². The molecule has 0 aliphatic carbocycles. The Hall–Kier alpha value is -1.85. The monoisotopic (exact) mass is 192 g/mol. The average molecular weight is 192 g/mol. The first-order chi connectivity index (χ1) is 6.77. The summed E-state index contributed by atoms with van der Waals surface area (Å²) in [4.78, 5) is 4.06. The summed E-state index contributed by atoms with van der Waals surface area (Å²) in [7, 11) is 1.84. The molecule has 74 valence electrons. The van der Waals surface area contributed by atoms with Crippen LogP contribution in [0.25, 0.3) is 0 Å². The Bertz CT molecular complexity index is 375. The third kappa shape index (κ3) is 1.59. The molecule has 0 bridgehead atoms. The lowest BCUT2D eigenvalue weighted by atomic mass is 10.3. The van der Waals surface area contributed by atoms with E-state index in [0.717, 1.165) is 17.2 Å². The standard InChI is InChI=1S/C8H12N6/c1-6-7(4-11-13-6)3-9-8-10-5-12-14(8)2/h4-5H,3H2,1-2H3,(H,11,13)(H,9,10,12). The lowest BCUT2D eigenvalue weighted by Gasteiger charge is -2.03. The van der Waals surface area contributed by atoms with Crippen LogP contribution in [0.3, 0.4) is 0 Å². The van der Waals surface area contributed by atoms with Crippen LogP contribution in [0.5, 0.6) is 0 Å². The first kappa shape index (κ1) is 8.74. The van der Waals surface area contributed by atoms with Crippen LogP contribution in [-0.4, -0.2) is 25.0 Å². The molecule has 14 heavy (non-hydrogen) atoms. The van der Waals surface area contributed by atoms with Crippen LogP contribution < -0.4 is 5.32 Å². The molecule has 0 saturated carbocycles. The van der Waals surface area contributed by atoms with Crippen LogP contribution in [0.4, 0.5) is 5.95 Å². The molecule has 0 amide bonds. The van der Waals surface area contributed by atoms with E-state index in [1.165, 1.54) is 6.33 Å². The predicted molar refractivity (Wildman–Crippen MR) is 51.7 cm³/mol. The molecule has 0 aromatic carbocycles. The lowest BCUT2D eigenvalue weighted by Crippen LogP contribution is -2.05. The molecule has 0 spiro atoms. The van der Waals surface area contributed by atoms with Gasteiger partial charge >= 0.3 is 0 Å². The van der Waals surface area contributed by atoms with Gasteiger partial charge in [0, 0.05) is 24.8 Å². The molecule has 2 aromatic heterocycles. The van der Waals surface area contributed by atoms with Crippen LogP contribution >= 0.6 is 0 Å². The van der Waals surface area contributed by atoms with Crippen LogP contribution in [-0.2, 0) is 13.6 Å². The van der Waals surface area contributed by atoms with Crippen molar-refractivity contribution in [1.29, 1.82) is 0 Å². The minimum absolute atomic E-state index is 0.703. The van der Waals surface area contributed by atoms with Crippen molar-refractivity contribution in [3.05, 3.63) is 23.8 Å². The van der Waals surface area contributed by atoms with Crippen LogP contribution in [0, 0.1) is 6.92 Å². The van der Waals surface area contributed by atoms with Crippen molar-refractivity contribution >= 4 is 5.95 Å². The maximum Gasteiger partial charge on any atom is 0.221 e. The Kier molecular flexibility index (Phi) is 2.18. The Labute approximate surface area is 81.4 Å². The molecule has 0 aliphatic heterocycles. The number of nitrogens with one attached hydrogen (secondary N) is 2. The van der Waals surface area contributed by atoms with Crippen LogP contribution in [0.2, 0.25) is 0 Å². The summed E-state index contributed by atoms with van der Waals surface area (Å²) in [5, 5.41) is 13.9. The second kappa shape index (κ2) is 3.49. The van der Waals surface area contributed by atoms with E-state index in [2.05, 4.69) is 25.6 Å². The first-order valence-electron chi connectivity index (χ1n) is 4.34. The number of anilines is 1. The topological polar surface area (TPSA) is 71.4 Å². The predicted octanol–water partition coefficient (Wildman–Crippen LogP) is 0.459. The molecule has 0 aliphatic rings. The van der Waals surface area contributed by atoms with Crippen molar-refractivity contribution in [3.8, 4) is 0 Å². The molecular formula is C8H12N6. The zero-order valence-electron chi connectivity index (χ0n) is 8.15. The van der Waals surface area contributed by atoms with E-state index in [4.69, 9.17) is 0 Å². The fraction of sp³-hybridized carbons (Fsp3) is 0.375. The second-order valence-electron chi connectivity index (χ2n) is 3.08. The SMILES string of the molecule is Cc1[nH]ncc1CNc1ncnn1C. The zero-order chi connectivity index (χ0) is 9.97. The van der Waals surface area contributed by atoms with E-state index in [1.54, 1.807) is 10.9 Å². The van der Waals surface area contributed by atoms with Gasteiger partial charge in [0.1, 0.15) is 6.33 Å². The molecule has 2 N–H and O–H groups in total. The Morgan fingerprint density at radius 2 is 2.43 bits per heavy atom. The van der Waals surface area contributed by atoms with Crippen LogP contribution in [0.1, 0.15) is 11.3 Å². The summed E-state index contributed by atoms with van der Waals surface area (Å²) in [5.41, 5.74) is 2.20. The van der Waals surface area contributed by atoms with Gasteiger partial charge in [0.25, 0.3) is 0 Å². The number of nitrogens with zero attached hydrogens (tertiary/aromatic N) is 4. The van der Waals surface area contributed by atoms with E-state index < -0.39 is 0 Å². The number of hydrogen-bond acceptors (Lipinski definition) is 4. The zero-order valence-corrected chi connectivity index (χ0v) is 8.15. The molecule has 2 rings (SSSR count). The Balaban J connectivity index is 2.02. The van der Waals surface area contributed by atoms with Crippen molar-refractivity contribution in [3.63, 3.8) is 0 Å². The molecule has 0 atom stereocenters. The van der Waals surface area contributed by atoms with Gasteiger partial charge in [-0.1, -0.05) is 0 Å². The molecule has 2 heterocycles. The van der Waals surface area contributed by atoms with E-state index in [-0.39, 0.29) is 0 Å². The second-order valence-corrected chi connectivity index (χ2v) is 3.08. The molecule has 0 radical (unpaired) electrons. The number of rotatable bonds is 3. The minimum Gasteiger partial charge on any atom is -0.350 e. The number of hydrogen-bond donors (Lipinski definition) is 2. The van der Waals surface area contributed by atoms with Crippen molar-refractivity contribution in [2.24, 2.45) is 7.05 Å². The average Bonchev–Trinajstić information content (AvgIpc) is 2.72. The summed E-state index contributed by atoms with van der Waals surface area (Å²) < 4.78 is 1.69. The van der Waals surface area contributed by atoms with E-state index in [1.807, 2.05) is 14.0 Å². The van der Waals surface area contributed by atoms with Gasteiger partial charge in [-0.2, -0.15) is 15.2 Å². The van der Waals surface area contributed by atoms with Crippen molar-refractivity contribution < 1.29 is 0 Å². The molecule has 6 heteroatoms. The van der Waals surface area contributed by atoms with Gasteiger partial charge in [0.05, 0.1) is 6.20 Å². The summed E-state index contributed by atoms with van der Waals surface area (Å²) in [6.07, 6.45) is 3.32. The summed E-state index contributed by atoms with van der Waals surface area (Å²) in [6.45, 7) is 2.69. The summed E-state index contributed by atoms with van der Waals surface area (Å²) in [6, 6.07) is 0. The number of aryl methyl sites for hydroxylation is 2. The van der Waals surface area contributed by atoms with Crippen molar-refractivity contribution in [2.45, 2.75) is 13.5 Å². The lowest BCUT2D eigenvalue weighted by molar-refractivity contribution is 0.767. The maximum absolute atomic E-state index is 4.06. The molecule has 6 nitrogen and oxygen atoms in total. The summed E-state index contributed by atoms with van der Waals surface area (Å²) >= 11 is 0. The Morgan fingerprint density at radius 1 is 1.57 bits per heavy atom. The molecule has 0 unspecified atom stereocenters. The quantitative estimate of drug-likeness (QED) is 0.741. The normalized spacial score (nSPS) is 10.4. The Morgan fingerprint density at radius 3 is 3.00 bits per heavy atom. The highest BCUT2D eigenvalue weighted by atomic mass is 15.4. The maximum atomic E-state index is 4.06. The fourth-order valence-corrected chi connectivity index (χ4v) is 1.18. The van der Waals surface area contributed by atoms with Crippen molar-refractivity contribution in [1.82, 2.24) is 25.0 Å². The number of H-pyrrole nitrogens is 1. The first-order valence-corrected chi connectivity index (χ1v) is 4.34. The number of aromatic nitrogens is 5. The van der Waals surface area contributed by atoms with Gasteiger partial charge < -0.3 is 5.32 Å². The van der Waals surface area contributed by atoms with Crippen LogP contribution in [0.15, 0.2) is 12.5 Å². The van der Waals surface area contributed by atoms with Gasteiger partial charge in [0.2, 0.25) is 5.95 Å². The minimum atomic E-state index is 0.703. The van der Waals surface area contributed by atoms with Gasteiger partial charge in [-0.15, -0.1) is 0 Å². The third-order valence-corrected chi connectivity index (χ3v) is 2.08. The number of aromatic amines is 1.